The second kappa shape index (κ2) is 6.82. The predicted molar refractivity (Wildman–Crippen MR) is 67.4 cm³/mol. The monoisotopic (exact) mass is 259 g/mol. The highest BCUT2D eigenvalue weighted by Gasteiger charge is 2.41. The van der Waals surface area contributed by atoms with Crippen molar-refractivity contribution in [2.75, 3.05) is 46.6 Å². The van der Waals surface area contributed by atoms with Crippen molar-refractivity contribution in [1.29, 1.82) is 0 Å². The van der Waals surface area contributed by atoms with Gasteiger partial charge in [0.25, 0.3) is 0 Å². The van der Waals surface area contributed by atoms with Crippen molar-refractivity contribution in [2.24, 2.45) is 11.8 Å². The molecular formula is C13H25NO4. The molecule has 2 aliphatic rings. The summed E-state index contributed by atoms with van der Waals surface area (Å²) in [6.07, 6.45) is 1.50. The SMILES string of the molecule is COCCOCC(O)CN1CC2CCC(O)C2C1. The molecule has 0 aromatic carbocycles. The Kier molecular flexibility index (Phi) is 5.38. The van der Waals surface area contributed by atoms with E-state index in [1.54, 1.807) is 7.11 Å². The zero-order valence-electron chi connectivity index (χ0n) is 11.1. The lowest BCUT2D eigenvalue weighted by atomic mass is 10.00. The van der Waals surface area contributed by atoms with Crippen molar-refractivity contribution in [2.45, 2.75) is 25.0 Å². The van der Waals surface area contributed by atoms with Crippen LogP contribution >= 0.6 is 0 Å². The Hall–Kier alpha value is -0.200. The van der Waals surface area contributed by atoms with E-state index in [2.05, 4.69) is 4.90 Å². The third kappa shape index (κ3) is 3.65. The summed E-state index contributed by atoms with van der Waals surface area (Å²) in [5.74, 6) is 1.05. The summed E-state index contributed by atoms with van der Waals surface area (Å²) in [6.45, 7) is 4.02. The van der Waals surface area contributed by atoms with Gasteiger partial charge in [-0.3, -0.25) is 0 Å². The lowest BCUT2D eigenvalue weighted by Gasteiger charge is -2.21. The summed E-state index contributed by atoms with van der Waals surface area (Å²) in [7, 11) is 1.63. The first kappa shape index (κ1) is 14.2. The first-order chi connectivity index (χ1) is 8.70. The van der Waals surface area contributed by atoms with Gasteiger partial charge in [0.05, 0.1) is 32.0 Å². The molecule has 2 fully saturated rings. The molecule has 0 amide bonds. The lowest BCUT2D eigenvalue weighted by Crippen LogP contribution is -2.35. The van der Waals surface area contributed by atoms with Gasteiger partial charge in [0.15, 0.2) is 0 Å². The zero-order valence-corrected chi connectivity index (χ0v) is 11.1. The molecule has 4 unspecified atom stereocenters. The number of aliphatic hydroxyl groups excluding tert-OH is 2. The number of ether oxygens (including phenoxy) is 2. The van der Waals surface area contributed by atoms with Gasteiger partial charge in [-0.05, 0) is 18.8 Å². The second-order valence-corrected chi connectivity index (χ2v) is 5.51. The van der Waals surface area contributed by atoms with Crippen molar-refractivity contribution in [3.8, 4) is 0 Å². The summed E-state index contributed by atoms with van der Waals surface area (Å²) in [4.78, 5) is 2.25. The Morgan fingerprint density at radius 1 is 1.28 bits per heavy atom. The minimum absolute atomic E-state index is 0.130. The van der Waals surface area contributed by atoms with E-state index >= 15 is 0 Å². The van der Waals surface area contributed by atoms with Gasteiger partial charge < -0.3 is 24.6 Å². The maximum atomic E-state index is 9.87. The van der Waals surface area contributed by atoms with Crippen LogP contribution in [0.25, 0.3) is 0 Å². The minimum atomic E-state index is -0.446. The Morgan fingerprint density at radius 2 is 2.11 bits per heavy atom. The molecule has 0 spiro atoms. The molecule has 5 nitrogen and oxygen atoms in total. The first-order valence-electron chi connectivity index (χ1n) is 6.86. The molecule has 1 aliphatic heterocycles. The Bertz CT molecular complexity index is 251. The lowest BCUT2D eigenvalue weighted by molar-refractivity contribution is 0.000444. The van der Waals surface area contributed by atoms with E-state index in [-0.39, 0.29) is 6.10 Å². The topological polar surface area (TPSA) is 62.2 Å². The highest BCUT2D eigenvalue weighted by atomic mass is 16.5. The third-order valence-corrected chi connectivity index (χ3v) is 4.11. The molecule has 4 atom stereocenters. The van der Waals surface area contributed by atoms with E-state index in [1.807, 2.05) is 0 Å². The van der Waals surface area contributed by atoms with Crippen molar-refractivity contribution >= 4 is 0 Å². The summed E-state index contributed by atoms with van der Waals surface area (Å²) < 4.78 is 10.2. The molecule has 1 heterocycles. The standard InChI is InChI=1S/C13H25NO4/c1-17-4-5-18-9-11(15)7-14-6-10-2-3-13(16)12(10)8-14/h10-13,15-16H,2-9H2,1H3. The molecule has 0 bridgehead atoms. The number of fused-ring (bicyclic) bond motifs is 1. The number of hydrogen-bond acceptors (Lipinski definition) is 5. The molecule has 5 heteroatoms. The first-order valence-corrected chi connectivity index (χ1v) is 6.86. The average molecular weight is 259 g/mol. The second-order valence-electron chi connectivity index (χ2n) is 5.51. The number of methoxy groups -OCH3 is 1. The van der Waals surface area contributed by atoms with Crippen LogP contribution in [-0.2, 0) is 9.47 Å². The molecular weight excluding hydrogens is 234 g/mol. The van der Waals surface area contributed by atoms with E-state index < -0.39 is 6.10 Å². The zero-order chi connectivity index (χ0) is 13.0. The quantitative estimate of drug-likeness (QED) is 0.615. The number of rotatable bonds is 7. The highest BCUT2D eigenvalue weighted by Crippen LogP contribution is 2.37. The maximum Gasteiger partial charge on any atom is 0.0900 e. The fourth-order valence-corrected chi connectivity index (χ4v) is 3.19. The molecule has 1 saturated heterocycles. The highest BCUT2D eigenvalue weighted by molar-refractivity contribution is 4.93. The van der Waals surface area contributed by atoms with Crippen LogP contribution in [0.15, 0.2) is 0 Å². The summed E-state index contributed by atoms with van der Waals surface area (Å²) >= 11 is 0. The average Bonchev–Trinajstić information content (AvgIpc) is 2.87. The third-order valence-electron chi connectivity index (χ3n) is 4.11. The Labute approximate surface area is 109 Å². The Balaban J connectivity index is 1.62. The van der Waals surface area contributed by atoms with E-state index in [0.29, 0.717) is 38.2 Å². The number of hydrogen-bond donors (Lipinski definition) is 2. The number of aliphatic hydroxyl groups is 2. The maximum absolute atomic E-state index is 9.87. The van der Waals surface area contributed by atoms with Gasteiger partial charge in [-0.1, -0.05) is 0 Å². The molecule has 1 saturated carbocycles. The van der Waals surface area contributed by atoms with Crippen molar-refractivity contribution in [3.63, 3.8) is 0 Å². The molecule has 0 aromatic heterocycles. The summed E-state index contributed by atoms with van der Waals surface area (Å²) in [5.41, 5.74) is 0. The molecule has 106 valence electrons. The van der Waals surface area contributed by atoms with Crippen LogP contribution in [0.2, 0.25) is 0 Å². The Morgan fingerprint density at radius 3 is 2.83 bits per heavy atom. The largest absolute Gasteiger partial charge is 0.393 e. The fraction of sp³-hybridized carbons (Fsp3) is 1.00. The van der Waals surface area contributed by atoms with Crippen LogP contribution in [0, 0.1) is 11.8 Å². The molecule has 1 aliphatic carbocycles. The minimum Gasteiger partial charge on any atom is -0.393 e. The predicted octanol–water partition coefficient (Wildman–Crippen LogP) is -0.287. The number of nitrogens with zero attached hydrogens (tertiary/aromatic N) is 1. The molecule has 18 heavy (non-hydrogen) atoms. The molecule has 2 N–H and O–H groups in total. The van der Waals surface area contributed by atoms with E-state index in [0.717, 1.165) is 25.9 Å². The van der Waals surface area contributed by atoms with Gasteiger partial charge in [0.1, 0.15) is 0 Å². The molecule has 0 aromatic rings. The van der Waals surface area contributed by atoms with Crippen LogP contribution in [0.4, 0.5) is 0 Å². The summed E-state index contributed by atoms with van der Waals surface area (Å²) in [5, 5.41) is 19.7. The molecule has 2 rings (SSSR count). The van der Waals surface area contributed by atoms with Gasteiger partial charge in [-0.25, -0.2) is 0 Å². The fourth-order valence-electron chi connectivity index (χ4n) is 3.19. The smallest absolute Gasteiger partial charge is 0.0900 e. The van der Waals surface area contributed by atoms with Gasteiger partial charge in [-0.15, -0.1) is 0 Å². The van der Waals surface area contributed by atoms with Gasteiger partial charge >= 0.3 is 0 Å². The van der Waals surface area contributed by atoms with Crippen LogP contribution in [0.1, 0.15) is 12.8 Å². The number of β-amino-alcohol motifs (C(OH)–C–C–N with tert-alkyl or cyclic N) is 1. The van der Waals surface area contributed by atoms with E-state index in [1.165, 1.54) is 0 Å². The van der Waals surface area contributed by atoms with Crippen LogP contribution in [0.3, 0.4) is 0 Å². The van der Waals surface area contributed by atoms with Crippen LogP contribution in [-0.4, -0.2) is 73.9 Å². The van der Waals surface area contributed by atoms with Crippen LogP contribution in [0.5, 0.6) is 0 Å². The van der Waals surface area contributed by atoms with Crippen molar-refractivity contribution in [1.82, 2.24) is 4.90 Å². The van der Waals surface area contributed by atoms with Gasteiger partial charge in [0, 0.05) is 32.7 Å². The van der Waals surface area contributed by atoms with E-state index in [9.17, 15) is 10.2 Å². The van der Waals surface area contributed by atoms with E-state index in [4.69, 9.17) is 9.47 Å². The van der Waals surface area contributed by atoms with Crippen molar-refractivity contribution in [3.05, 3.63) is 0 Å². The summed E-state index contributed by atoms with van der Waals surface area (Å²) in [6, 6.07) is 0. The van der Waals surface area contributed by atoms with Crippen molar-refractivity contribution < 1.29 is 19.7 Å². The van der Waals surface area contributed by atoms with Gasteiger partial charge in [-0.2, -0.15) is 0 Å². The van der Waals surface area contributed by atoms with Crippen LogP contribution < -0.4 is 0 Å². The number of likely N-dealkylation sites (tertiary alicyclic amines) is 1. The molecule has 0 radical (unpaired) electrons. The normalized spacial score (nSPS) is 33.8. The van der Waals surface area contributed by atoms with Gasteiger partial charge in [0.2, 0.25) is 0 Å².